The minimum atomic E-state index is -0.251. The molecule has 0 bridgehead atoms. The summed E-state index contributed by atoms with van der Waals surface area (Å²) in [6.45, 7) is 9.82. The van der Waals surface area contributed by atoms with Gasteiger partial charge in [-0.1, -0.05) is 0 Å². The number of thiazole rings is 1. The Morgan fingerprint density at radius 3 is 2.80 bits per heavy atom. The summed E-state index contributed by atoms with van der Waals surface area (Å²) >= 11 is 1.49. The second-order valence-corrected chi connectivity index (χ2v) is 11.9. The Bertz CT molecular complexity index is 1400. The molecule has 2 aromatic rings. The summed E-state index contributed by atoms with van der Waals surface area (Å²) in [6.07, 6.45) is 14.9. The van der Waals surface area contributed by atoms with E-state index in [0.717, 1.165) is 41.5 Å². The molecule has 6 rings (SSSR count). The van der Waals surface area contributed by atoms with Gasteiger partial charge >= 0.3 is 0 Å². The lowest BCUT2D eigenvalue weighted by molar-refractivity contribution is -0.123. The van der Waals surface area contributed by atoms with Crippen LogP contribution < -0.4 is 16.0 Å². The van der Waals surface area contributed by atoms with Crippen LogP contribution in [0.15, 0.2) is 47.3 Å². The molecule has 212 valence electrons. The van der Waals surface area contributed by atoms with E-state index in [0.29, 0.717) is 36.7 Å². The minimum Gasteiger partial charge on any atom is -0.381 e. The van der Waals surface area contributed by atoms with Crippen LogP contribution in [0.5, 0.6) is 0 Å². The van der Waals surface area contributed by atoms with Crippen molar-refractivity contribution in [3.05, 3.63) is 52.7 Å². The van der Waals surface area contributed by atoms with Gasteiger partial charge in [-0.25, -0.2) is 4.52 Å². The van der Waals surface area contributed by atoms with Crippen LogP contribution in [0.3, 0.4) is 0 Å². The second-order valence-electron chi connectivity index (χ2n) is 10.9. The van der Waals surface area contributed by atoms with Crippen LogP contribution in [0, 0.1) is 0 Å². The van der Waals surface area contributed by atoms with Gasteiger partial charge in [0.15, 0.2) is 0 Å². The highest BCUT2D eigenvalue weighted by Gasteiger charge is 2.45. The molecular formula is C28H36N8O3S. The number of hydrogen-bond donors (Lipinski definition) is 3. The third kappa shape index (κ3) is 5.18. The SMILES string of the molecule is C=N/C=C(/c1cn2ncc(C(=O)NC3=CC(NC(=O)CN4CCCC45CCC5)=CNC3C)c2s1)N1CCOCC1. The largest absolute Gasteiger partial charge is 0.381 e. The molecule has 1 atom stereocenters. The monoisotopic (exact) mass is 564 g/mol. The fraction of sp³-hybridized carbons (Fsp3) is 0.500. The topological polar surface area (TPSA) is 116 Å². The average molecular weight is 565 g/mol. The molecule has 2 saturated heterocycles. The van der Waals surface area contributed by atoms with Gasteiger partial charge in [0, 0.05) is 36.7 Å². The van der Waals surface area contributed by atoms with Crippen LogP contribution in [0.25, 0.3) is 10.5 Å². The zero-order valence-corrected chi connectivity index (χ0v) is 23.6. The van der Waals surface area contributed by atoms with Crippen LogP contribution in [0.2, 0.25) is 0 Å². The number of ether oxygens (including phenoxy) is 1. The Balaban J connectivity index is 1.14. The predicted octanol–water partition coefficient (Wildman–Crippen LogP) is 2.31. The average Bonchev–Trinajstić information content (AvgIpc) is 3.64. The molecule has 1 unspecified atom stereocenters. The van der Waals surface area contributed by atoms with Crippen molar-refractivity contribution in [3.63, 3.8) is 0 Å². The number of fused-ring (bicyclic) bond motifs is 1. The number of nitrogens with zero attached hydrogens (tertiary/aromatic N) is 5. The highest BCUT2D eigenvalue weighted by molar-refractivity contribution is 7.18. The standard InChI is InChI=1S/C28H36N8O3S/c1-19-22(13-20(14-30-19)32-25(37)18-35-8-4-7-28(35)5-3-6-28)33-26(38)21-15-31-36-17-24(40-27(21)36)23(16-29-2)34-9-11-39-12-10-34/h13-17,19,30H,2-12,18H2,1H3,(H,32,37)(H,33,38)/b23-16-. The van der Waals surface area contributed by atoms with Gasteiger partial charge < -0.3 is 25.6 Å². The van der Waals surface area contributed by atoms with Crippen molar-refractivity contribution in [1.29, 1.82) is 0 Å². The molecule has 12 heteroatoms. The Labute approximate surface area is 237 Å². The Morgan fingerprint density at radius 2 is 2.05 bits per heavy atom. The van der Waals surface area contributed by atoms with Crippen molar-refractivity contribution in [1.82, 2.24) is 35.4 Å². The first-order valence-electron chi connectivity index (χ1n) is 14.0. The number of carbonyl (C=O) groups excluding carboxylic acids is 2. The minimum absolute atomic E-state index is 0.0275. The van der Waals surface area contributed by atoms with Gasteiger partial charge in [0.2, 0.25) is 5.91 Å². The van der Waals surface area contributed by atoms with E-state index in [4.69, 9.17) is 4.74 Å². The van der Waals surface area contributed by atoms with Gasteiger partial charge in [-0.2, -0.15) is 5.10 Å². The Hall–Kier alpha value is -3.48. The molecule has 1 spiro atoms. The fourth-order valence-corrected chi connectivity index (χ4v) is 7.17. The summed E-state index contributed by atoms with van der Waals surface area (Å²) in [7, 11) is 0. The summed E-state index contributed by atoms with van der Waals surface area (Å²) in [5, 5.41) is 13.7. The molecule has 2 aromatic heterocycles. The predicted molar refractivity (Wildman–Crippen MR) is 155 cm³/mol. The van der Waals surface area contributed by atoms with E-state index in [-0.39, 0.29) is 23.4 Å². The summed E-state index contributed by atoms with van der Waals surface area (Å²) in [6, 6.07) is -0.124. The quantitative estimate of drug-likeness (QED) is 0.422. The van der Waals surface area contributed by atoms with Crippen LogP contribution >= 0.6 is 11.3 Å². The molecule has 3 N–H and O–H groups in total. The summed E-state index contributed by atoms with van der Waals surface area (Å²) in [5.41, 5.74) is 2.99. The van der Waals surface area contributed by atoms with Gasteiger partial charge in [-0.15, -0.1) is 11.3 Å². The molecule has 4 aliphatic rings. The normalized spacial score (nSPS) is 22.9. The molecule has 3 fully saturated rings. The maximum absolute atomic E-state index is 13.4. The number of hydrogen-bond acceptors (Lipinski definition) is 9. The summed E-state index contributed by atoms with van der Waals surface area (Å²) < 4.78 is 7.22. The van der Waals surface area contributed by atoms with E-state index in [1.807, 2.05) is 19.2 Å². The van der Waals surface area contributed by atoms with E-state index in [1.54, 1.807) is 23.1 Å². The number of amides is 2. The number of likely N-dealkylation sites (tertiary alicyclic amines) is 1. The third-order valence-corrected chi connectivity index (χ3v) is 9.56. The van der Waals surface area contributed by atoms with Crippen LogP contribution in [0.4, 0.5) is 0 Å². The number of rotatable bonds is 8. The molecule has 3 aliphatic heterocycles. The first kappa shape index (κ1) is 26.7. The first-order valence-corrected chi connectivity index (χ1v) is 14.8. The molecule has 1 aliphatic carbocycles. The highest BCUT2D eigenvalue weighted by atomic mass is 32.1. The van der Waals surface area contributed by atoms with E-state index < -0.39 is 0 Å². The smallest absolute Gasteiger partial charge is 0.260 e. The number of allylic oxidation sites excluding steroid dienone is 1. The lowest BCUT2D eigenvalue weighted by atomic mass is 9.75. The van der Waals surface area contributed by atoms with Gasteiger partial charge in [0.1, 0.15) is 4.83 Å². The molecule has 40 heavy (non-hydrogen) atoms. The van der Waals surface area contributed by atoms with Crippen molar-refractivity contribution in [2.24, 2.45) is 4.99 Å². The van der Waals surface area contributed by atoms with Crippen molar-refractivity contribution in [3.8, 4) is 0 Å². The molecule has 1 saturated carbocycles. The number of aromatic nitrogens is 2. The van der Waals surface area contributed by atoms with E-state index >= 15 is 0 Å². The lowest BCUT2D eigenvalue weighted by Gasteiger charge is -2.45. The van der Waals surface area contributed by atoms with Gasteiger partial charge in [-0.3, -0.25) is 19.5 Å². The number of dihydropyridines is 1. The summed E-state index contributed by atoms with van der Waals surface area (Å²) in [5.74, 6) is -0.279. The fourth-order valence-electron chi connectivity index (χ4n) is 6.07. The Kier molecular flexibility index (Phi) is 7.47. The molecule has 11 nitrogen and oxygen atoms in total. The van der Waals surface area contributed by atoms with Gasteiger partial charge in [0.25, 0.3) is 5.91 Å². The van der Waals surface area contributed by atoms with Gasteiger partial charge in [-0.05, 0) is 58.4 Å². The van der Waals surface area contributed by atoms with Crippen molar-refractivity contribution in [2.45, 2.75) is 50.6 Å². The summed E-state index contributed by atoms with van der Waals surface area (Å²) in [4.78, 5) is 36.5. The molecule has 5 heterocycles. The molecule has 0 radical (unpaired) electrons. The van der Waals surface area contributed by atoms with E-state index in [1.165, 1.54) is 37.0 Å². The van der Waals surface area contributed by atoms with E-state index in [9.17, 15) is 9.59 Å². The molecular weight excluding hydrogens is 528 g/mol. The zero-order valence-electron chi connectivity index (χ0n) is 22.8. The van der Waals surface area contributed by atoms with Crippen LogP contribution in [-0.4, -0.2) is 88.9 Å². The van der Waals surface area contributed by atoms with Crippen molar-refractivity contribution in [2.75, 3.05) is 39.4 Å². The second kappa shape index (κ2) is 11.2. The van der Waals surface area contributed by atoms with Crippen molar-refractivity contribution >= 4 is 40.4 Å². The third-order valence-electron chi connectivity index (χ3n) is 8.43. The number of nitrogens with one attached hydrogen (secondary N) is 3. The maximum Gasteiger partial charge on any atom is 0.260 e. The number of morpholine rings is 1. The van der Waals surface area contributed by atoms with Crippen LogP contribution in [0.1, 0.15) is 54.3 Å². The van der Waals surface area contributed by atoms with E-state index in [2.05, 4.69) is 42.6 Å². The Morgan fingerprint density at radius 1 is 1.25 bits per heavy atom. The lowest BCUT2D eigenvalue weighted by Crippen LogP contribution is -2.52. The zero-order chi connectivity index (χ0) is 27.7. The van der Waals surface area contributed by atoms with Crippen molar-refractivity contribution < 1.29 is 14.3 Å². The maximum atomic E-state index is 13.4. The number of carbonyl (C=O) groups is 2. The van der Waals surface area contributed by atoms with Gasteiger partial charge in [0.05, 0.1) is 60.0 Å². The highest BCUT2D eigenvalue weighted by Crippen LogP contribution is 2.45. The molecule has 0 aromatic carbocycles. The number of aliphatic imine (C=N–C) groups is 1. The molecule has 2 amide bonds. The van der Waals surface area contributed by atoms with Crippen LogP contribution in [-0.2, 0) is 9.53 Å². The first-order chi connectivity index (χ1) is 19.5.